The summed E-state index contributed by atoms with van der Waals surface area (Å²) in [5.74, 6) is 0.657. The zero-order chi connectivity index (χ0) is 21.8. The van der Waals surface area contributed by atoms with Crippen molar-refractivity contribution in [2.75, 3.05) is 12.0 Å². The van der Waals surface area contributed by atoms with Crippen LogP contribution in [0.2, 0.25) is 15.2 Å². The molecular formula is C20H22Cl3N3O3. The van der Waals surface area contributed by atoms with Crippen LogP contribution in [0.1, 0.15) is 32.2 Å². The van der Waals surface area contributed by atoms with Crippen LogP contribution in [0.25, 0.3) is 0 Å². The van der Waals surface area contributed by atoms with Gasteiger partial charge >= 0.3 is 6.09 Å². The predicted molar refractivity (Wildman–Crippen MR) is 116 cm³/mol. The van der Waals surface area contributed by atoms with E-state index in [1.807, 2.05) is 0 Å². The molecule has 0 fully saturated rings. The van der Waals surface area contributed by atoms with Crippen molar-refractivity contribution in [2.24, 2.45) is 0 Å². The Labute approximate surface area is 185 Å². The number of carbonyl (C=O) groups excluding carboxylic acids is 1. The zero-order valence-electron chi connectivity index (χ0n) is 16.8. The van der Waals surface area contributed by atoms with Crippen LogP contribution < -0.4 is 4.90 Å². The Morgan fingerprint density at radius 2 is 1.90 bits per heavy atom. The molecule has 0 spiro atoms. The minimum atomic E-state index is -0.740. The van der Waals surface area contributed by atoms with Crippen molar-refractivity contribution in [3.8, 4) is 0 Å². The van der Waals surface area contributed by atoms with Gasteiger partial charge in [0.25, 0.3) is 0 Å². The van der Waals surface area contributed by atoms with Crippen LogP contribution >= 0.6 is 34.8 Å². The number of allylic oxidation sites excluding steroid dienone is 1. The maximum atomic E-state index is 13.2. The first kappa shape index (κ1) is 23.3. The second kappa shape index (κ2) is 9.65. The van der Waals surface area contributed by atoms with Gasteiger partial charge in [-0.1, -0.05) is 34.8 Å². The molecule has 6 nitrogen and oxygen atoms in total. The fraction of sp³-hybridized carbons (Fsp3) is 0.350. The SMILES string of the molecule is CO/C=C/Cc1c(Cl)nc(C)nc1N(C(=O)OC(C)(C)C)c1ccc(Cl)cc1Cl. The van der Waals surface area contributed by atoms with Crippen LogP contribution in [0.5, 0.6) is 0 Å². The zero-order valence-corrected chi connectivity index (χ0v) is 19.1. The average molecular weight is 459 g/mol. The topological polar surface area (TPSA) is 64.6 Å². The molecule has 0 bridgehead atoms. The van der Waals surface area contributed by atoms with E-state index in [-0.39, 0.29) is 16.0 Å². The Kier molecular flexibility index (Phi) is 7.74. The molecule has 2 rings (SSSR count). The van der Waals surface area contributed by atoms with Crippen LogP contribution in [-0.4, -0.2) is 28.8 Å². The number of rotatable bonds is 5. The number of ether oxygens (including phenoxy) is 2. The molecule has 1 aromatic carbocycles. The number of benzene rings is 1. The molecule has 0 aliphatic carbocycles. The number of anilines is 2. The van der Waals surface area contributed by atoms with E-state index in [2.05, 4.69) is 9.97 Å². The van der Waals surface area contributed by atoms with Crippen molar-refractivity contribution in [3.63, 3.8) is 0 Å². The van der Waals surface area contributed by atoms with Gasteiger partial charge in [-0.25, -0.2) is 19.7 Å². The van der Waals surface area contributed by atoms with Gasteiger partial charge in [0.1, 0.15) is 16.6 Å². The van der Waals surface area contributed by atoms with E-state index in [1.165, 1.54) is 24.3 Å². The van der Waals surface area contributed by atoms with Crippen LogP contribution in [0.3, 0.4) is 0 Å². The van der Waals surface area contributed by atoms with E-state index in [0.29, 0.717) is 28.5 Å². The molecule has 0 aliphatic heterocycles. The monoisotopic (exact) mass is 457 g/mol. The molecule has 29 heavy (non-hydrogen) atoms. The van der Waals surface area contributed by atoms with E-state index >= 15 is 0 Å². The predicted octanol–water partition coefficient (Wildman–Crippen LogP) is 6.52. The minimum absolute atomic E-state index is 0.215. The highest BCUT2D eigenvalue weighted by Crippen LogP contribution is 2.37. The Morgan fingerprint density at radius 3 is 2.48 bits per heavy atom. The molecule has 1 heterocycles. The van der Waals surface area contributed by atoms with E-state index in [9.17, 15) is 4.79 Å². The summed E-state index contributed by atoms with van der Waals surface area (Å²) < 4.78 is 10.6. The van der Waals surface area contributed by atoms with Crippen molar-refractivity contribution >= 4 is 52.4 Å². The maximum Gasteiger partial charge on any atom is 0.420 e. The molecule has 0 saturated carbocycles. The third-order valence-electron chi connectivity index (χ3n) is 3.54. The van der Waals surface area contributed by atoms with Gasteiger partial charge in [-0.2, -0.15) is 0 Å². The second-order valence-electron chi connectivity index (χ2n) is 7.09. The van der Waals surface area contributed by atoms with Gasteiger partial charge in [0, 0.05) is 17.0 Å². The molecule has 0 radical (unpaired) electrons. The maximum absolute atomic E-state index is 13.2. The van der Waals surface area contributed by atoms with E-state index in [4.69, 9.17) is 44.3 Å². The number of aryl methyl sites for hydroxylation is 1. The lowest BCUT2D eigenvalue weighted by Gasteiger charge is -2.28. The normalized spacial score (nSPS) is 11.6. The van der Waals surface area contributed by atoms with Crippen molar-refractivity contribution in [2.45, 2.75) is 39.7 Å². The minimum Gasteiger partial charge on any atom is -0.505 e. The summed E-state index contributed by atoms with van der Waals surface area (Å²) in [6, 6.07) is 4.78. The van der Waals surface area contributed by atoms with Crippen LogP contribution in [-0.2, 0) is 15.9 Å². The van der Waals surface area contributed by atoms with Gasteiger partial charge in [0.15, 0.2) is 5.82 Å². The number of hydrogen-bond donors (Lipinski definition) is 0. The summed E-state index contributed by atoms with van der Waals surface area (Å²) in [6.07, 6.45) is 2.91. The Hall–Kier alpha value is -2.02. The van der Waals surface area contributed by atoms with Crippen molar-refractivity contribution < 1.29 is 14.3 Å². The third kappa shape index (κ3) is 6.23. The lowest BCUT2D eigenvalue weighted by molar-refractivity contribution is 0.0598. The second-order valence-corrected chi connectivity index (χ2v) is 8.29. The summed E-state index contributed by atoms with van der Waals surface area (Å²) >= 11 is 18.8. The Morgan fingerprint density at radius 1 is 1.21 bits per heavy atom. The smallest absolute Gasteiger partial charge is 0.420 e. The van der Waals surface area contributed by atoms with Gasteiger partial charge in [-0.05, 0) is 52.0 Å². The molecule has 0 unspecified atom stereocenters. The van der Waals surface area contributed by atoms with Crippen LogP contribution in [0.15, 0.2) is 30.5 Å². The molecule has 2 aromatic rings. The largest absolute Gasteiger partial charge is 0.505 e. The molecule has 9 heteroatoms. The summed E-state index contributed by atoms with van der Waals surface area (Å²) in [4.78, 5) is 23.1. The van der Waals surface area contributed by atoms with Crippen molar-refractivity contribution in [1.82, 2.24) is 9.97 Å². The molecule has 0 atom stereocenters. The Balaban J connectivity index is 2.71. The van der Waals surface area contributed by atoms with Crippen molar-refractivity contribution in [1.29, 1.82) is 0 Å². The molecule has 1 aromatic heterocycles. The molecule has 0 saturated heterocycles. The number of carbonyl (C=O) groups is 1. The standard InChI is InChI=1S/C20H22Cl3N3O3/c1-12-24-17(23)14(7-6-10-28-5)18(25-12)26(19(27)29-20(2,3)4)16-9-8-13(21)11-15(16)22/h6,8-11H,7H2,1-5H3/b10-6+. The number of methoxy groups -OCH3 is 1. The van der Waals surface area contributed by atoms with Gasteiger partial charge in [-0.15, -0.1) is 0 Å². The van der Waals surface area contributed by atoms with Crippen LogP contribution in [0, 0.1) is 6.92 Å². The van der Waals surface area contributed by atoms with Gasteiger partial charge in [-0.3, -0.25) is 0 Å². The third-order valence-corrected chi connectivity index (χ3v) is 4.39. The van der Waals surface area contributed by atoms with Crippen LogP contribution in [0.4, 0.5) is 16.3 Å². The van der Waals surface area contributed by atoms with Gasteiger partial charge in [0.2, 0.25) is 0 Å². The van der Waals surface area contributed by atoms with E-state index in [1.54, 1.807) is 45.9 Å². The first-order valence-electron chi connectivity index (χ1n) is 8.72. The first-order valence-corrected chi connectivity index (χ1v) is 9.86. The van der Waals surface area contributed by atoms with Gasteiger partial charge in [0.05, 0.1) is 24.1 Å². The first-order chi connectivity index (χ1) is 13.5. The average Bonchev–Trinajstić information content (AvgIpc) is 2.57. The lowest BCUT2D eigenvalue weighted by atomic mass is 10.2. The summed E-state index contributed by atoms with van der Waals surface area (Å²) in [7, 11) is 1.53. The van der Waals surface area contributed by atoms with E-state index < -0.39 is 11.7 Å². The highest BCUT2D eigenvalue weighted by Gasteiger charge is 2.30. The summed E-state index contributed by atoms with van der Waals surface area (Å²) in [5, 5.41) is 0.907. The molecule has 0 N–H and O–H groups in total. The quantitative estimate of drug-likeness (QED) is 0.377. The number of nitrogens with zero attached hydrogens (tertiary/aromatic N) is 3. The summed E-state index contributed by atoms with van der Waals surface area (Å²) in [5.41, 5.74) is 0.134. The molecule has 1 amide bonds. The Bertz CT molecular complexity index is 927. The molecule has 156 valence electrons. The number of aromatic nitrogens is 2. The van der Waals surface area contributed by atoms with Crippen molar-refractivity contribution in [3.05, 3.63) is 57.1 Å². The van der Waals surface area contributed by atoms with Gasteiger partial charge < -0.3 is 9.47 Å². The molecule has 0 aliphatic rings. The number of halogens is 3. The van der Waals surface area contributed by atoms with E-state index in [0.717, 1.165) is 0 Å². The fourth-order valence-corrected chi connectivity index (χ4v) is 3.22. The number of hydrogen-bond acceptors (Lipinski definition) is 5. The lowest BCUT2D eigenvalue weighted by Crippen LogP contribution is -2.35. The summed E-state index contributed by atoms with van der Waals surface area (Å²) in [6.45, 7) is 6.99. The highest BCUT2D eigenvalue weighted by atomic mass is 35.5. The highest BCUT2D eigenvalue weighted by molar-refractivity contribution is 6.37. The number of amides is 1. The molecular weight excluding hydrogens is 437 g/mol. The fourth-order valence-electron chi connectivity index (χ4n) is 2.44.